The molecule has 0 saturated heterocycles. The van der Waals surface area contributed by atoms with Crippen LogP contribution in [0.15, 0.2) is 95.9 Å². The van der Waals surface area contributed by atoms with Gasteiger partial charge in [-0.25, -0.2) is 14.3 Å². The number of ether oxygens (including phenoxy) is 3. The number of nitrogens with zero attached hydrogens (tertiary/aromatic N) is 5. The molecule has 0 bridgehead atoms. The minimum atomic E-state index is -0.517. The molecule has 13 nitrogen and oxygen atoms in total. The van der Waals surface area contributed by atoms with Crippen molar-refractivity contribution in [1.29, 1.82) is 0 Å². The van der Waals surface area contributed by atoms with E-state index in [-0.39, 0.29) is 24.8 Å². The SMILES string of the molecule is COc1ccc(Cn2nc(NC(C)CO)c3c(Oc4ccc(NC(=O)c5c6n(n(-c7ccccc7)c5=O)CCOC6)cc4)ccnc32)cc1. The van der Waals surface area contributed by atoms with Gasteiger partial charge in [-0.05, 0) is 61.0 Å². The summed E-state index contributed by atoms with van der Waals surface area (Å²) < 4.78 is 22.4. The van der Waals surface area contributed by atoms with Gasteiger partial charge in [0.25, 0.3) is 11.5 Å². The highest BCUT2D eigenvalue weighted by Crippen LogP contribution is 2.35. The molecule has 3 N–H and O–H groups in total. The summed E-state index contributed by atoms with van der Waals surface area (Å²) in [4.78, 5) is 31.7. The Morgan fingerprint density at radius 2 is 1.78 bits per heavy atom. The average molecular weight is 662 g/mol. The van der Waals surface area contributed by atoms with E-state index < -0.39 is 11.5 Å². The Labute approximate surface area is 281 Å². The number of para-hydroxylation sites is 1. The minimum absolute atomic E-state index is 0.0480. The van der Waals surface area contributed by atoms with Crippen LogP contribution in [0.5, 0.6) is 17.2 Å². The number of nitrogens with one attached hydrogen (secondary N) is 2. The molecule has 4 heterocycles. The van der Waals surface area contributed by atoms with Gasteiger partial charge in [0, 0.05) is 24.0 Å². The second-order valence-corrected chi connectivity index (χ2v) is 11.6. The number of anilines is 2. The fourth-order valence-corrected chi connectivity index (χ4v) is 5.82. The quantitative estimate of drug-likeness (QED) is 0.178. The molecule has 1 aliphatic rings. The molecule has 0 fully saturated rings. The van der Waals surface area contributed by atoms with E-state index in [1.165, 1.54) is 4.68 Å². The van der Waals surface area contributed by atoms with Crippen LogP contribution < -0.4 is 25.7 Å². The fraction of sp³-hybridized carbons (Fsp3) is 0.222. The zero-order chi connectivity index (χ0) is 33.9. The molecule has 1 unspecified atom stereocenters. The van der Waals surface area contributed by atoms with Crippen LogP contribution in [0.1, 0.15) is 28.5 Å². The average Bonchev–Trinajstić information content (AvgIpc) is 3.63. The molecule has 0 spiro atoms. The Bertz CT molecular complexity index is 2160. The highest BCUT2D eigenvalue weighted by Gasteiger charge is 2.28. The summed E-state index contributed by atoms with van der Waals surface area (Å²) >= 11 is 0. The van der Waals surface area contributed by atoms with Gasteiger partial charge in [0.05, 0.1) is 51.4 Å². The van der Waals surface area contributed by atoms with Gasteiger partial charge in [-0.2, -0.15) is 5.10 Å². The molecule has 49 heavy (non-hydrogen) atoms. The van der Waals surface area contributed by atoms with Crippen molar-refractivity contribution >= 4 is 28.4 Å². The predicted molar refractivity (Wildman–Crippen MR) is 184 cm³/mol. The number of fused-ring (bicyclic) bond motifs is 2. The summed E-state index contributed by atoms with van der Waals surface area (Å²) in [7, 11) is 1.63. The molecule has 7 rings (SSSR count). The molecule has 13 heteroatoms. The molecule has 3 aromatic heterocycles. The number of carbonyl (C=O) groups excluding carboxylic acids is 1. The molecule has 0 radical (unpaired) electrons. The first kappa shape index (κ1) is 31.7. The van der Waals surface area contributed by atoms with Crippen LogP contribution in [0.3, 0.4) is 0 Å². The first-order chi connectivity index (χ1) is 23.9. The van der Waals surface area contributed by atoms with Gasteiger partial charge >= 0.3 is 0 Å². The van der Waals surface area contributed by atoms with E-state index in [9.17, 15) is 14.7 Å². The summed E-state index contributed by atoms with van der Waals surface area (Å²) in [5.74, 6) is 1.79. The van der Waals surface area contributed by atoms with Crippen molar-refractivity contribution in [2.45, 2.75) is 32.7 Å². The number of hydrogen-bond donors (Lipinski definition) is 3. The first-order valence-corrected chi connectivity index (χ1v) is 15.9. The highest BCUT2D eigenvalue weighted by molar-refractivity contribution is 6.05. The fourth-order valence-electron chi connectivity index (χ4n) is 5.82. The van der Waals surface area contributed by atoms with E-state index in [1.54, 1.807) is 48.3 Å². The summed E-state index contributed by atoms with van der Waals surface area (Å²) in [6.45, 7) is 3.28. The third kappa shape index (κ3) is 6.36. The van der Waals surface area contributed by atoms with Crippen molar-refractivity contribution in [1.82, 2.24) is 24.1 Å². The third-order valence-electron chi connectivity index (χ3n) is 8.24. The lowest BCUT2D eigenvalue weighted by Gasteiger charge is -2.19. The van der Waals surface area contributed by atoms with Crippen LogP contribution in [-0.2, 0) is 24.4 Å². The molecule has 1 aliphatic heterocycles. The maximum Gasteiger partial charge on any atom is 0.284 e. The number of amides is 1. The van der Waals surface area contributed by atoms with Crippen LogP contribution in [-0.4, -0.2) is 61.5 Å². The second kappa shape index (κ2) is 13.7. The predicted octanol–water partition coefficient (Wildman–Crippen LogP) is 4.81. The summed E-state index contributed by atoms with van der Waals surface area (Å²) in [5, 5.41) is 21.3. The van der Waals surface area contributed by atoms with Gasteiger partial charge < -0.3 is 30.0 Å². The summed E-state index contributed by atoms with van der Waals surface area (Å²) in [6.07, 6.45) is 1.65. The van der Waals surface area contributed by atoms with Crippen LogP contribution in [0.4, 0.5) is 11.5 Å². The van der Waals surface area contributed by atoms with E-state index in [4.69, 9.17) is 19.3 Å². The van der Waals surface area contributed by atoms with Crippen molar-refractivity contribution in [2.24, 2.45) is 0 Å². The number of rotatable bonds is 11. The Morgan fingerprint density at radius 3 is 2.51 bits per heavy atom. The lowest BCUT2D eigenvalue weighted by molar-refractivity contribution is 0.0756. The van der Waals surface area contributed by atoms with Gasteiger partial charge in [-0.3, -0.25) is 14.3 Å². The summed E-state index contributed by atoms with van der Waals surface area (Å²) in [5.41, 5.74) is 2.95. The molecule has 3 aromatic carbocycles. The number of aromatic nitrogens is 5. The van der Waals surface area contributed by atoms with Crippen LogP contribution in [0, 0.1) is 0 Å². The smallest absolute Gasteiger partial charge is 0.284 e. The van der Waals surface area contributed by atoms with E-state index in [0.29, 0.717) is 65.1 Å². The zero-order valence-electron chi connectivity index (χ0n) is 27.0. The van der Waals surface area contributed by atoms with Crippen molar-refractivity contribution in [2.75, 3.05) is 31.0 Å². The van der Waals surface area contributed by atoms with E-state index in [2.05, 4.69) is 15.6 Å². The van der Waals surface area contributed by atoms with Crippen molar-refractivity contribution in [3.8, 4) is 22.9 Å². The van der Waals surface area contributed by atoms with Gasteiger partial charge in [0.15, 0.2) is 11.5 Å². The van der Waals surface area contributed by atoms with Crippen LogP contribution >= 0.6 is 0 Å². The lowest BCUT2D eigenvalue weighted by atomic mass is 10.2. The topological polar surface area (TPSA) is 147 Å². The third-order valence-corrected chi connectivity index (χ3v) is 8.24. The molecule has 6 aromatic rings. The number of aliphatic hydroxyl groups excluding tert-OH is 1. The van der Waals surface area contributed by atoms with Gasteiger partial charge in [0.2, 0.25) is 0 Å². The second-order valence-electron chi connectivity index (χ2n) is 11.6. The van der Waals surface area contributed by atoms with Crippen molar-refractivity contribution in [3.05, 3.63) is 118 Å². The van der Waals surface area contributed by atoms with Crippen molar-refractivity contribution in [3.63, 3.8) is 0 Å². The monoisotopic (exact) mass is 661 g/mol. The molecular weight excluding hydrogens is 626 g/mol. The molecule has 0 aliphatic carbocycles. The number of pyridine rings is 1. The van der Waals surface area contributed by atoms with E-state index in [1.807, 2.05) is 66.2 Å². The number of benzene rings is 3. The Balaban J connectivity index is 1.14. The van der Waals surface area contributed by atoms with Crippen molar-refractivity contribution < 1.29 is 24.1 Å². The number of carbonyl (C=O) groups is 1. The number of hydrogen-bond acceptors (Lipinski definition) is 9. The highest BCUT2D eigenvalue weighted by atomic mass is 16.5. The lowest BCUT2D eigenvalue weighted by Crippen LogP contribution is -2.26. The van der Waals surface area contributed by atoms with Gasteiger partial charge in [0.1, 0.15) is 28.2 Å². The van der Waals surface area contributed by atoms with Crippen LogP contribution in [0.25, 0.3) is 16.7 Å². The zero-order valence-corrected chi connectivity index (χ0v) is 27.0. The van der Waals surface area contributed by atoms with E-state index in [0.717, 1.165) is 11.3 Å². The Morgan fingerprint density at radius 1 is 1.02 bits per heavy atom. The van der Waals surface area contributed by atoms with E-state index >= 15 is 0 Å². The first-order valence-electron chi connectivity index (χ1n) is 15.9. The minimum Gasteiger partial charge on any atom is -0.497 e. The van der Waals surface area contributed by atoms with Gasteiger partial charge in [-0.15, -0.1) is 0 Å². The molecule has 0 saturated carbocycles. The molecule has 1 amide bonds. The van der Waals surface area contributed by atoms with Gasteiger partial charge in [-0.1, -0.05) is 30.3 Å². The van der Waals surface area contributed by atoms with Crippen LogP contribution in [0.2, 0.25) is 0 Å². The standard InChI is InChI=1S/C36H35N7O6/c1-23(21-44)38-33-32-30(16-17-37-34(32)41(40-33)20-24-8-12-27(47-2)13-9-24)49-28-14-10-25(11-15-28)39-35(45)31-29-22-48-19-18-42(29)43(36(31)46)26-6-4-3-5-7-26/h3-17,23,44H,18-22H2,1-2H3,(H,38,40)(H,39,45). The largest absolute Gasteiger partial charge is 0.497 e. The Hall–Kier alpha value is -5.92. The maximum atomic E-state index is 13.6. The summed E-state index contributed by atoms with van der Waals surface area (Å²) in [6, 6.07) is 25.3. The molecule has 1 atom stereocenters. The Kier molecular flexibility index (Phi) is 8.83. The number of aliphatic hydroxyl groups is 1. The molecular formula is C36H35N7O6. The number of methoxy groups -OCH3 is 1. The maximum absolute atomic E-state index is 13.6. The normalized spacial score (nSPS) is 13.1. The molecule has 250 valence electrons.